The van der Waals surface area contributed by atoms with Crippen LogP contribution in [0.4, 0.5) is 13.2 Å². The minimum atomic E-state index is -4.53. The van der Waals surface area contributed by atoms with Crippen LogP contribution in [0.2, 0.25) is 0 Å². The van der Waals surface area contributed by atoms with Gasteiger partial charge in [-0.05, 0) is 42.5 Å². The molecule has 8 heteroatoms. The molecule has 0 radical (unpaired) electrons. The van der Waals surface area contributed by atoms with Gasteiger partial charge in [-0.1, -0.05) is 55.8 Å². The van der Waals surface area contributed by atoms with Crippen LogP contribution in [-0.4, -0.2) is 28.5 Å². The van der Waals surface area contributed by atoms with E-state index < -0.39 is 18.7 Å². The summed E-state index contributed by atoms with van der Waals surface area (Å²) in [6, 6.07) is 16.8. The Labute approximate surface area is 196 Å². The molecule has 0 unspecified atom stereocenters. The van der Waals surface area contributed by atoms with Crippen molar-refractivity contribution in [1.29, 1.82) is 5.26 Å². The van der Waals surface area contributed by atoms with Crippen LogP contribution in [-0.2, 0) is 24.1 Å². The Morgan fingerprint density at radius 3 is 2.44 bits per heavy atom. The Hall–Kier alpha value is -3.60. The minimum Gasteiger partial charge on any atom is -0.461 e. The maximum Gasteiger partial charge on any atom is 0.408 e. The van der Waals surface area contributed by atoms with E-state index in [1.807, 2.05) is 43.3 Å². The highest BCUT2D eigenvalue weighted by Gasteiger charge is 2.33. The second-order valence-electron chi connectivity index (χ2n) is 7.90. The number of nitrogens with zero attached hydrogens (tertiary/aromatic N) is 3. The van der Waals surface area contributed by atoms with Gasteiger partial charge in [0.25, 0.3) is 0 Å². The van der Waals surface area contributed by atoms with Gasteiger partial charge in [-0.25, -0.2) is 9.48 Å². The molecule has 0 aliphatic carbocycles. The lowest BCUT2D eigenvalue weighted by atomic mass is 9.96. The Morgan fingerprint density at radius 2 is 1.82 bits per heavy atom. The van der Waals surface area contributed by atoms with Crippen molar-refractivity contribution >= 4 is 5.97 Å². The molecule has 1 heterocycles. The van der Waals surface area contributed by atoms with Crippen molar-refractivity contribution in [2.75, 3.05) is 6.61 Å². The summed E-state index contributed by atoms with van der Waals surface area (Å²) in [5, 5.41) is 13.5. The van der Waals surface area contributed by atoms with Gasteiger partial charge in [-0.2, -0.15) is 23.5 Å². The monoisotopic (exact) mass is 469 g/mol. The maximum absolute atomic E-state index is 13.2. The topological polar surface area (TPSA) is 67.9 Å². The molecule has 5 nitrogen and oxygen atoms in total. The number of hydrogen-bond acceptors (Lipinski definition) is 4. The number of carbonyl (C=O) groups is 1. The summed E-state index contributed by atoms with van der Waals surface area (Å²) in [5.74, 6) is -0.809. The first-order chi connectivity index (χ1) is 16.3. The van der Waals surface area contributed by atoms with E-state index in [1.165, 1.54) is 0 Å². The fraction of sp³-hybridized carbons (Fsp3) is 0.346. The summed E-state index contributed by atoms with van der Waals surface area (Å²) >= 11 is 0. The summed E-state index contributed by atoms with van der Waals surface area (Å²) < 4.78 is 45.5. The number of aryl methyl sites for hydroxylation is 1. The van der Waals surface area contributed by atoms with Gasteiger partial charge in [0.15, 0.2) is 5.69 Å². The second-order valence-corrected chi connectivity index (χ2v) is 7.90. The van der Waals surface area contributed by atoms with Gasteiger partial charge in [0, 0.05) is 12.0 Å². The molecule has 0 N–H and O–H groups in total. The molecule has 3 rings (SSSR count). The lowest BCUT2D eigenvalue weighted by Gasteiger charge is -2.11. The van der Waals surface area contributed by atoms with Crippen molar-refractivity contribution in [2.24, 2.45) is 0 Å². The van der Waals surface area contributed by atoms with Crippen molar-refractivity contribution < 1.29 is 22.7 Å². The van der Waals surface area contributed by atoms with Crippen LogP contribution in [0.1, 0.15) is 59.6 Å². The largest absolute Gasteiger partial charge is 0.461 e. The zero-order valence-corrected chi connectivity index (χ0v) is 19.2. The summed E-state index contributed by atoms with van der Waals surface area (Å²) in [7, 11) is 0. The number of unbranched alkanes of at least 4 members (excludes halogenated alkanes) is 1. The third-order valence-corrected chi connectivity index (χ3v) is 5.39. The van der Waals surface area contributed by atoms with Gasteiger partial charge < -0.3 is 4.74 Å². The molecule has 34 heavy (non-hydrogen) atoms. The third kappa shape index (κ3) is 6.04. The number of benzene rings is 2. The van der Waals surface area contributed by atoms with Crippen molar-refractivity contribution in [1.82, 2.24) is 9.78 Å². The van der Waals surface area contributed by atoms with Crippen LogP contribution in [0, 0.1) is 11.3 Å². The predicted octanol–water partition coefficient (Wildman–Crippen LogP) is 6.09. The molecule has 0 aliphatic rings. The predicted molar refractivity (Wildman–Crippen MR) is 122 cm³/mol. The average Bonchev–Trinajstić information content (AvgIpc) is 3.13. The van der Waals surface area contributed by atoms with Crippen LogP contribution >= 0.6 is 0 Å². The molecule has 0 saturated carbocycles. The van der Waals surface area contributed by atoms with Gasteiger partial charge in [0.05, 0.1) is 23.9 Å². The first-order valence-electron chi connectivity index (χ1n) is 11.2. The molecule has 0 saturated heterocycles. The first kappa shape index (κ1) is 25.0. The van der Waals surface area contributed by atoms with Gasteiger partial charge in [-0.3, -0.25) is 0 Å². The average molecular weight is 470 g/mol. The Kier molecular flexibility index (Phi) is 8.11. The highest BCUT2D eigenvalue weighted by Crippen LogP contribution is 2.28. The normalized spacial score (nSPS) is 11.3. The van der Waals surface area contributed by atoms with E-state index in [0.717, 1.165) is 34.2 Å². The molecule has 0 bridgehead atoms. The van der Waals surface area contributed by atoms with Gasteiger partial charge in [0.1, 0.15) is 6.54 Å². The van der Waals surface area contributed by atoms with Crippen molar-refractivity contribution in [3.05, 3.63) is 76.6 Å². The van der Waals surface area contributed by atoms with Crippen LogP contribution in [0.25, 0.3) is 11.1 Å². The molecule has 3 aromatic rings. The number of carbonyl (C=O) groups excluding carboxylic acids is 1. The highest BCUT2D eigenvalue weighted by molar-refractivity contribution is 5.89. The summed E-state index contributed by atoms with van der Waals surface area (Å²) in [6.45, 7) is 2.28. The number of hydrogen-bond donors (Lipinski definition) is 0. The number of alkyl halides is 3. The summed E-state index contributed by atoms with van der Waals surface area (Å²) in [4.78, 5) is 12.7. The summed E-state index contributed by atoms with van der Waals surface area (Å²) in [5.41, 5.74) is 3.80. The molecular formula is C26H26F3N3O2. The van der Waals surface area contributed by atoms with Crippen LogP contribution in [0.5, 0.6) is 0 Å². The molecule has 1 aromatic heterocycles. The van der Waals surface area contributed by atoms with E-state index in [0.29, 0.717) is 23.2 Å². The van der Waals surface area contributed by atoms with Crippen LogP contribution in [0.3, 0.4) is 0 Å². The quantitative estimate of drug-likeness (QED) is 0.356. The van der Waals surface area contributed by atoms with E-state index in [4.69, 9.17) is 4.74 Å². The third-order valence-electron chi connectivity index (χ3n) is 5.39. The molecular weight excluding hydrogens is 443 g/mol. The fourth-order valence-electron chi connectivity index (χ4n) is 3.83. The number of halogens is 3. The SMILES string of the molecule is CCCCc1nn(CC(F)(F)F)c(C(=O)OCC)c1Cc1ccc(-c2ccccc2C#N)cc1. The Balaban J connectivity index is 2.01. The molecule has 2 aromatic carbocycles. The maximum atomic E-state index is 13.2. The van der Waals surface area contributed by atoms with E-state index in [-0.39, 0.29) is 18.7 Å². The van der Waals surface area contributed by atoms with Crippen molar-refractivity contribution in [3.63, 3.8) is 0 Å². The van der Waals surface area contributed by atoms with Gasteiger partial charge in [0.2, 0.25) is 0 Å². The molecule has 0 amide bonds. The lowest BCUT2D eigenvalue weighted by molar-refractivity contribution is -0.142. The number of ether oxygens (including phenoxy) is 1. The van der Waals surface area contributed by atoms with E-state index >= 15 is 0 Å². The minimum absolute atomic E-state index is 0.0484. The van der Waals surface area contributed by atoms with Crippen LogP contribution < -0.4 is 0 Å². The van der Waals surface area contributed by atoms with Crippen molar-refractivity contribution in [3.8, 4) is 17.2 Å². The molecule has 178 valence electrons. The van der Waals surface area contributed by atoms with E-state index in [9.17, 15) is 23.2 Å². The standard InChI is InChI=1S/C26H26F3N3O2/c1-3-5-10-23-22(24(25(33)34-4-2)32(31-23)17-26(27,28)29)15-18-11-13-19(14-12-18)21-9-7-6-8-20(21)16-30/h6-9,11-14H,3-5,10,15,17H2,1-2H3. The summed E-state index contributed by atoms with van der Waals surface area (Å²) in [6.07, 6.45) is -2.24. The first-order valence-corrected chi connectivity index (χ1v) is 11.2. The van der Waals surface area contributed by atoms with E-state index in [1.54, 1.807) is 19.1 Å². The highest BCUT2D eigenvalue weighted by atomic mass is 19.4. The molecule has 0 fully saturated rings. The van der Waals surface area contributed by atoms with Gasteiger partial charge in [-0.15, -0.1) is 0 Å². The zero-order valence-electron chi connectivity index (χ0n) is 19.2. The molecule has 0 aliphatic heterocycles. The molecule has 0 atom stereocenters. The zero-order chi connectivity index (χ0) is 24.7. The second kappa shape index (κ2) is 11.0. The Bertz CT molecular complexity index is 1180. The van der Waals surface area contributed by atoms with Gasteiger partial charge >= 0.3 is 12.1 Å². The smallest absolute Gasteiger partial charge is 0.408 e. The molecule has 0 spiro atoms. The Morgan fingerprint density at radius 1 is 1.12 bits per heavy atom. The number of rotatable bonds is 9. The number of esters is 1. The van der Waals surface area contributed by atoms with Crippen molar-refractivity contribution in [2.45, 2.75) is 52.3 Å². The van der Waals surface area contributed by atoms with E-state index in [2.05, 4.69) is 11.2 Å². The van der Waals surface area contributed by atoms with Crippen LogP contribution in [0.15, 0.2) is 48.5 Å². The number of nitriles is 1. The lowest BCUT2D eigenvalue weighted by Crippen LogP contribution is -2.23. The number of aromatic nitrogens is 2. The fourth-order valence-corrected chi connectivity index (χ4v) is 3.83.